The van der Waals surface area contributed by atoms with Crippen LogP contribution >= 0.6 is 0 Å². The van der Waals surface area contributed by atoms with Crippen molar-refractivity contribution in [3.8, 4) is 0 Å². The van der Waals surface area contributed by atoms with Crippen LogP contribution < -0.4 is 10.4 Å². The van der Waals surface area contributed by atoms with Crippen molar-refractivity contribution in [1.82, 2.24) is 5.43 Å². The molecule has 1 heterocycles. The minimum Gasteiger partial charge on any atom is -0.469 e. The fourth-order valence-electron chi connectivity index (χ4n) is 2.74. The van der Waals surface area contributed by atoms with Crippen molar-refractivity contribution in [3.05, 3.63) is 60.2 Å². The molecule has 0 aliphatic carbocycles. The minimum absolute atomic E-state index is 0.133. The van der Waals surface area contributed by atoms with Gasteiger partial charge in [0.25, 0.3) is 0 Å². The summed E-state index contributed by atoms with van der Waals surface area (Å²) in [4.78, 5) is 28.4. The van der Waals surface area contributed by atoms with Gasteiger partial charge in [-0.25, -0.2) is 4.99 Å². The number of amidine groups is 1. The van der Waals surface area contributed by atoms with E-state index in [1.54, 1.807) is 0 Å². The number of ether oxygens (including phenoxy) is 1. The highest BCUT2D eigenvalue weighted by Crippen LogP contribution is 2.25. The van der Waals surface area contributed by atoms with E-state index in [0.717, 1.165) is 16.9 Å². The number of fused-ring (bicyclic) bond motifs is 1. The minimum atomic E-state index is -0.315. The maximum Gasteiger partial charge on any atom is 0.305 e. The lowest BCUT2D eigenvalue weighted by atomic mass is 10.1. The first-order valence-electron chi connectivity index (χ1n) is 8.53. The van der Waals surface area contributed by atoms with Crippen molar-refractivity contribution < 1.29 is 14.3 Å². The summed E-state index contributed by atoms with van der Waals surface area (Å²) in [5, 5.41) is 1.91. The summed E-state index contributed by atoms with van der Waals surface area (Å²) in [6.07, 6.45) is 0.874. The normalized spacial score (nSPS) is 13.1. The third-order valence-electron chi connectivity index (χ3n) is 4.14. The lowest BCUT2D eigenvalue weighted by molar-refractivity contribution is -0.140. The average Bonchev–Trinajstić information content (AvgIpc) is 2.88. The molecule has 1 N–H and O–H groups in total. The number of aliphatic imine (C=N–C) groups is 1. The zero-order valence-electron chi connectivity index (χ0n) is 14.6. The molecule has 0 radical (unpaired) electrons. The summed E-state index contributed by atoms with van der Waals surface area (Å²) < 4.78 is 4.61. The van der Waals surface area contributed by atoms with Crippen molar-refractivity contribution in [3.63, 3.8) is 0 Å². The Labute approximate surface area is 152 Å². The van der Waals surface area contributed by atoms with Gasteiger partial charge in [0, 0.05) is 12.8 Å². The zero-order chi connectivity index (χ0) is 18.4. The van der Waals surface area contributed by atoms with Crippen LogP contribution in [0.3, 0.4) is 0 Å². The number of esters is 1. The van der Waals surface area contributed by atoms with E-state index >= 15 is 0 Å². The van der Waals surface area contributed by atoms with Gasteiger partial charge in [-0.05, 0) is 30.2 Å². The van der Waals surface area contributed by atoms with Crippen LogP contribution in [0, 0.1) is 0 Å². The highest BCUT2D eigenvalue weighted by atomic mass is 16.5. The second-order valence-electron chi connectivity index (χ2n) is 5.98. The van der Waals surface area contributed by atoms with Crippen LogP contribution in [0.2, 0.25) is 0 Å². The van der Waals surface area contributed by atoms with Gasteiger partial charge in [0.2, 0.25) is 0 Å². The summed E-state index contributed by atoms with van der Waals surface area (Å²) >= 11 is 0. The molecule has 0 spiro atoms. The number of ketones is 1. The number of hydrazine groups is 1. The number of rotatable bonds is 6. The van der Waals surface area contributed by atoms with Crippen molar-refractivity contribution in [2.24, 2.45) is 4.99 Å². The number of carbonyl (C=O) groups excluding carboxylic acids is 2. The molecule has 1 aliphatic rings. The van der Waals surface area contributed by atoms with Gasteiger partial charge in [-0.1, -0.05) is 36.4 Å². The van der Waals surface area contributed by atoms with E-state index in [1.165, 1.54) is 7.11 Å². The number of nitrogens with one attached hydrogen (secondary N) is 1. The van der Waals surface area contributed by atoms with Crippen LogP contribution in [0.4, 0.5) is 11.4 Å². The molecule has 2 aromatic carbocycles. The summed E-state index contributed by atoms with van der Waals surface area (Å²) in [7, 11) is 1.34. The van der Waals surface area contributed by atoms with E-state index in [2.05, 4.69) is 15.2 Å². The van der Waals surface area contributed by atoms with Gasteiger partial charge in [0.15, 0.2) is 11.6 Å². The number of hydrogen-bond acceptors (Lipinski definition) is 6. The molecule has 2 aromatic rings. The van der Waals surface area contributed by atoms with Crippen LogP contribution in [0.15, 0.2) is 59.6 Å². The third-order valence-corrected chi connectivity index (χ3v) is 4.14. The molecule has 134 valence electrons. The van der Waals surface area contributed by atoms with E-state index in [-0.39, 0.29) is 30.4 Å². The number of carbonyl (C=O) groups is 2. The van der Waals surface area contributed by atoms with E-state index in [0.29, 0.717) is 13.0 Å². The second kappa shape index (κ2) is 8.29. The van der Waals surface area contributed by atoms with Gasteiger partial charge in [0.05, 0.1) is 25.0 Å². The van der Waals surface area contributed by atoms with Gasteiger partial charge in [0.1, 0.15) is 0 Å². The highest BCUT2D eigenvalue weighted by molar-refractivity contribution is 6.39. The van der Waals surface area contributed by atoms with Crippen LogP contribution in [0.5, 0.6) is 0 Å². The highest BCUT2D eigenvalue weighted by Gasteiger charge is 2.21. The molecule has 0 atom stereocenters. The van der Waals surface area contributed by atoms with E-state index < -0.39 is 0 Å². The number of para-hydroxylation sites is 2. The molecule has 0 saturated heterocycles. The first-order valence-corrected chi connectivity index (χ1v) is 8.53. The van der Waals surface area contributed by atoms with Gasteiger partial charge in [-0.15, -0.1) is 0 Å². The quantitative estimate of drug-likeness (QED) is 0.810. The molecule has 6 nitrogen and oxygen atoms in total. The summed E-state index contributed by atoms with van der Waals surface area (Å²) in [6, 6.07) is 17.5. The predicted molar refractivity (Wildman–Crippen MR) is 100 cm³/mol. The van der Waals surface area contributed by atoms with Crippen LogP contribution in [-0.2, 0) is 20.9 Å². The predicted octanol–water partition coefficient (Wildman–Crippen LogP) is 3.15. The molecule has 1 aliphatic heterocycles. The largest absolute Gasteiger partial charge is 0.469 e. The number of nitrogens with zero attached hydrogens (tertiary/aromatic N) is 2. The van der Waals surface area contributed by atoms with Crippen LogP contribution in [0.25, 0.3) is 0 Å². The van der Waals surface area contributed by atoms with Crippen LogP contribution in [0.1, 0.15) is 24.8 Å². The molecule has 0 fully saturated rings. The van der Waals surface area contributed by atoms with Crippen LogP contribution in [-0.4, -0.2) is 24.7 Å². The molecule has 0 bridgehead atoms. The monoisotopic (exact) mass is 351 g/mol. The standard InChI is InChI=1S/C20H21N3O3/c1-26-19(25)13-7-12-18(24)20-21-17-11-6-5-8-15(17)14-23(22-20)16-9-3-2-4-10-16/h2-6,8-11H,7,12-14H2,1H3,(H,21,22). The van der Waals surface area contributed by atoms with E-state index in [4.69, 9.17) is 0 Å². The fraction of sp³-hybridized carbons (Fsp3) is 0.250. The van der Waals surface area contributed by atoms with Gasteiger partial charge < -0.3 is 4.74 Å². The Kier molecular flexibility index (Phi) is 5.63. The van der Waals surface area contributed by atoms with Crippen molar-refractivity contribution in [2.75, 3.05) is 12.1 Å². The lowest BCUT2D eigenvalue weighted by Crippen LogP contribution is -2.44. The Morgan fingerprint density at radius 3 is 2.58 bits per heavy atom. The number of methoxy groups -OCH3 is 1. The zero-order valence-corrected chi connectivity index (χ0v) is 14.6. The number of benzene rings is 2. The van der Waals surface area contributed by atoms with Gasteiger partial charge >= 0.3 is 5.97 Å². The first-order chi connectivity index (χ1) is 12.7. The molecule has 0 saturated carbocycles. The molecule has 6 heteroatoms. The molecule has 0 unspecified atom stereocenters. The molecule has 0 amide bonds. The Morgan fingerprint density at radius 2 is 1.81 bits per heavy atom. The molecular weight excluding hydrogens is 330 g/mol. The Bertz CT molecular complexity index is 818. The number of Topliss-reactive ketones (excluding diaryl/α,β-unsaturated/α-hetero) is 1. The third kappa shape index (κ3) is 4.27. The molecule has 26 heavy (non-hydrogen) atoms. The Balaban J connectivity index is 1.82. The van der Waals surface area contributed by atoms with Crippen molar-refractivity contribution >= 4 is 29.0 Å². The maximum atomic E-state index is 12.6. The van der Waals surface area contributed by atoms with Crippen molar-refractivity contribution in [1.29, 1.82) is 0 Å². The van der Waals surface area contributed by atoms with E-state index in [9.17, 15) is 9.59 Å². The SMILES string of the molecule is COC(=O)CCCC(=O)C1=Nc2ccccc2CN(c2ccccc2)N1. The topological polar surface area (TPSA) is 71.0 Å². The number of hydrogen-bond donors (Lipinski definition) is 1. The summed E-state index contributed by atoms with van der Waals surface area (Å²) in [6.45, 7) is 0.586. The maximum absolute atomic E-state index is 12.6. The average molecular weight is 351 g/mol. The summed E-state index contributed by atoms with van der Waals surface area (Å²) in [5.74, 6) is -0.167. The second-order valence-corrected chi connectivity index (χ2v) is 5.98. The summed E-state index contributed by atoms with van der Waals surface area (Å²) in [5.41, 5.74) is 5.89. The lowest BCUT2D eigenvalue weighted by Gasteiger charge is -2.25. The molecule has 3 rings (SSSR count). The Morgan fingerprint density at radius 1 is 1.08 bits per heavy atom. The van der Waals surface area contributed by atoms with E-state index in [1.807, 2.05) is 59.6 Å². The fourth-order valence-corrected chi connectivity index (χ4v) is 2.74. The Hall–Kier alpha value is -3.15. The molecule has 0 aromatic heterocycles. The first kappa shape index (κ1) is 17.7. The molecular formula is C20H21N3O3. The van der Waals surface area contributed by atoms with Gasteiger partial charge in [-0.2, -0.15) is 0 Å². The van der Waals surface area contributed by atoms with Crippen molar-refractivity contribution in [2.45, 2.75) is 25.8 Å². The smallest absolute Gasteiger partial charge is 0.305 e. The van der Waals surface area contributed by atoms with Gasteiger partial charge in [-0.3, -0.25) is 20.0 Å². The number of anilines is 1.